The number of rotatable bonds is 2. The largest absolute Gasteiger partial charge is 0.328 e. The highest BCUT2D eigenvalue weighted by molar-refractivity contribution is 9.10. The van der Waals surface area contributed by atoms with Crippen LogP contribution in [0.25, 0.3) is 0 Å². The molecule has 0 aliphatic rings. The molecule has 17 heavy (non-hydrogen) atoms. The van der Waals surface area contributed by atoms with Crippen LogP contribution in [-0.2, 0) is 0 Å². The van der Waals surface area contributed by atoms with Crippen LogP contribution in [0.3, 0.4) is 0 Å². The highest BCUT2D eigenvalue weighted by Crippen LogP contribution is 2.17. The Balaban J connectivity index is 2.22. The lowest BCUT2D eigenvalue weighted by Gasteiger charge is -2.04. The smallest absolute Gasteiger partial charge is 0.315 e. The molecule has 1 heterocycles. The molecule has 2 rings (SSSR count). The number of carbonyl (C=O) groups is 1. The second-order valence-electron chi connectivity index (χ2n) is 3.56. The van der Waals surface area contributed by atoms with Crippen molar-refractivity contribution in [3.63, 3.8) is 0 Å². The van der Waals surface area contributed by atoms with E-state index in [0.29, 0.717) is 11.4 Å². The van der Waals surface area contributed by atoms with Gasteiger partial charge in [0.25, 0.3) is 5.91 Å². The van der Waals surface area contributed by atoms with Crippen molar-refractivity contribution in [1.82, 2.24) is 10.1 Å². The number of amides is 1. The Morgan fingerprint density at radius 1 is 1.41 bits per heavy atom. The van der Waals surface area contributed by atoms with Crippen molar-refractivity contribution in [1.29, 1.82) is 0 Å². The van der Waals surface area contributed by atoms with Gasteiger partial charge in [0.1, 0.15) is 0 Å². The van der Waals surface area contributed by atoms with E-state index in [2.05, 4.69) is 31.4 Å². The maximum atomic E-state index is 11.9. The first-order chi connectivity index (χ1) is 8.06. The fourth-order valence-corrected chi connectivity index (χ4v) is 1.71. The summed E-state index contributed by atoms with van der Waals surface area (Å²) in [7, 11) is 0. The number of carbonyl (C=O) groups excluding carboxylic acids is 1. The number of aryl methyl sites for hydroxylation is 2. The lowest BCUT2D eigenvalue weighted by molar-refractivity contribution is 0.102. The molecule has 0 saturated heterocycles. The lowest BCUT2D eigenvalue weighted by atomic mass is 10.1. The molecular formula is C11H10BrN3O2. The van der Waals surface area contributed by atoms with E-state index < -0.39 is 0 Å². The fourth-order valence-electron chi connectivity index (χ4n) is 1.35. The van der Waals surface area contributed by atoms with E-state index in [4.69, 9.17) is 4.52 Å². The van der Waals surface area contributed by atoms with Gasteiger partial charge in [-0.15, -0.1) is 0 Å². The van der Waals surface area contributed by atoms with Crippen LogP contribution in [0.4, 0.5) is 6.01 Å². The third-order valence-electron chi connectivity index (χ3n) is 2.19. The van der Waals surface area contributed by atoms with E-state index in [-0.39, 0.29) is 11.9 Å². The summed E-state index contributed by atoms with van der Waals surface area (Å²) in [6.45, 7) is 3.55. The first-order valence-electron chi connectivity index (χ1n) is 4.94. The second-order valence-corrected chi connectivity index (χ2v) is 4.48. The molecule has 1 aromatic carbocycles. The van der Waals surface area contributed by atoms with Gasteiger partial charge in [0.2, 0.25) is 0 Å². The standard InChI is InChI=1S/C11H10BrN3O2/c1-6-3-4-8(12)5-9(6)10(16)14-11-13-7(2)15-17-11/h3-5H,1-2H3,(H,13,14,15,16). The Bertz CT molecular complexity index is 566. The van der Waals surface area contributed by atoms with Crippen LogP contribution in [0.15, 0.2) is 27.2 Å². The van der Waals surface area contributed by atoms with E-state index in [1.807, 2.05) is 19.1 Å². The second kappa shape index (κ2) is 4.67. The predicted octanol–water partition coefficient (Wildman–Crippen LogP) is 2.70. The van der Waals surface area contributed by atoms with E-state index in [1.165, 1.54) is 0 Å². The van der Waals surface area contributed by atoms with Gasteiger partial charge in [0.15, 0.2) is 5.82 Å². The first-order valence-corrected chi connectivity index (χ1v) is 5.73. The highest BCUT2D eigenvalue weighted by Gasteiger charge is 2.12. The third-order valence-corrected chi connectivity index (χ3v) is 2.69. The molecule has 0 bridgehead atoms. The van der Waals surface area contributed by atoms with Gasteiger partial charge in [-0.2, -0.15) is 4.98 Å². The van der Waals surface area contributed by atoms with Gasteiger partial charge in [-0.3, -0.25) is 10.1 Å². The van der Waals surface area contributed by atoms with Gasteiger partial charge in [-0.05, 0) is 31.5 Å². The topological polar surface area (TPSA) is 68.0 Å². The zero-order valence-corrected chi connectivity index (χ0v) is 10.9. The first kappa shape index (κ1) is 11.8. The number of hydrogen-bond acceptors (Lipinski definition) is 4. The molecule has 1 amide bonds. The molecule has 0 atom stereocenters. The van der Waals surface area contributed by atoms with E-state index in [1.54, 1.807) is 13.0 Å². The molecule has 2 aromatic rings. The van der Waals surface area contributed by atoms with Crippen LogP contribution in [0.5, 0.6) is 0 Å². The number of benzene rings is 1. The quantitative estimate of drug-likeness (QED) is 0.925. The molecule has 0 aliphatic carbocycles. The summed E-state index contributed by atoms with van der Waals surface area (Å²) in [4.78, 5) is 15.8. The average molecular weight is 296 g/mol. The molecule has 1 aromatic heterocycles. The normalized spacial score (nSPS) is 10.3. The van der Waals surface area contributed by atoms with Gasteiger partial charge in [0, 0.05) is 10.0 Å². The predicted molar refractivity (Wildman–Crippen MR) is 65.9 cm³/mol. The zero-order chi connectivity index (χ0) is 12.4. The van der Waals surface area contributed by atoms with Gasteiger partial charge in [0.05, 0.1) is 0 Å². The van der Waals surface area contributed by atoms with Crippen molar-refractivity contribution < 1.29 is 9.32 Å². The summed E-state index contributed by atoms with van der Waals surface area (Å²) in [5, 5.41) is 6.14. The van der Waals surface area contributed by atoms with Gasteiger partial charge < -0.3 is 4.52 Å². The number of nitrogens with one attached hydrogen (secondary N) is 1. The number of nitrogens with zero attached hydrogens (tertiary/aromatic N) is 2. The molecule has 5 nitrogen and oxygen atoms in total. The Kier molecular flexibility index (Phi) is 3.23. The highest BCUT2D eigenvalue weighted by atomic mass is 79.9. The Hall–Kier alpha value is -1.69. The molecule has 88 valence electrons. The number of aromatic nitrogens is 2. The third kappa shape index (κ3) is 2.71. The summed E-state index contributed by atoms with van der Waals surface area (Å²) in [5.74, 6) is 0.207. The summed E-state index contributed by atoms with van der Waals surface area (Å²) in [5.41, 5.74) is 1.44. The minimum Gasteiger partial charge on any atom is -0.315 e. The van der Waals surface area contributed by atoms with Gasteiger partial charge in [-0.1, -0.05) is 27.2 Å². The average Bonchev–Trinajstić information content (AvgIpc) is 2.67. The van der Waals surface area contributed by atoms with Crippen molar-refractivity contribution in [3.05, 3.63) is 39.6 Å². The molecule has 6 heteroatoms. The van der Waals surface area contributed by atoms with Crippen LogP contribution in [-0.4, -0.2) is 16.0 Å². The zero-order valence-electron chi connectivity index (χ0n) is 9.32. The fraction of sp³-hybridized carbons (Fsp3) is 0.182. The van der Waals surface area contributed by atoms with E-state index in [9.17, 15) is 4.79 Å². The molecule has 1 N–H and O–H groups in total. The molecule has 0 unspecified atom stereocenters. The summed E-state index contributed by atoms with van der Waals surface area (Å²) < 4.78 is 5.66. The molecule has 0 radical (unpaired) electrons. The molecule has 0 aliphatic heterocycles. The van der Waals surface area contributed by atoms with Gasteiger partial charge >= 0.3 is 6.01 Å². The lowest BCUT2D eigenvalue weighted by Crippen LogP contribution is -2.13. The maximum Gasteiger partial charge on any atom is 0.328 e. The monoisotopic (exact) mass is 295 g/mol. The van der Waals surface area contributed by atoms with Crippen molar-refractivity contribution in [2.75, 3.05) is 5.32 Å². The molecule has 0 spiro atoms. The van der Waals surface area contributed by atoms with Crippen molar-refractivity contribution in [2.45, 2.75) is 13.8 Å². The van der Waals surface area contributed by atoms with Crippen molar-refractivity contribution >= 4 is 27.9 Å². The number of hydrogen-bond donors (Lipinski definition) is 1. The molecular weight excluding hydrogens is 286 g/mol. The number of halogens is 1. The van der Waals surface area contributed by atoms with Crippen molar-refractivity contribution in [2.24, 2.45) is 0 Å². The number of anilines is 1. The van der Waals surface area contributed by atoms with E-state index >= 15 is 0 Å². The molecule has 0 fully saturated rings. The molecule has 0 saturated carbocycles. The SMILES string of the molecule is Cc1noc(NC(=O)c2cc(Br)ccc2C)n1. The van der Waals surface area contributed by atoms with Crippen LogP contribution in [0.1, 0.15) is 21.7 Å². The van der Waals surface area contributed by atoms with Gasteiger partial charge in [-0.25, -0.2) is 0 Å². The van der Waals surface area contributed by atoms with Crippen molar-refractivity contribution in [3.8, 4) is 0 Å². The van der Waals surface area contributed by atoms with E-state index in [0.717, 1.165) is 10.0 Å². The maximum absolute atomic E-state index is 11.9. The Labute approximate surface area is 106 Å². The van der Waals surface area contributed by atoms with Crippen LogP contribution >= 0.6 is 15.9 Å². The Morgan fingerprint density at radius 2 is 2.18 bits per heavy atom. The van der Waals surface area contributed by atoms with Crippen LogP contribution in [0.2, 0.25) is 0 Å². The van der Waals surface area contributed by atoms with Crippen LogP contribution < -0.4 is 5.32 Å². The minimum absolute atomic E-state index is 0.104. The summed E-state index contributed by atoms with van der Waals surface area (Å²) in [6.07, 6.45) is 0. The summed E-state index contributed by atoms with van der Waals surface area (Å²) in [6, 6.07) is 5.58. The summed E-state index contributed by atoms with van der Waals surface area (Å²) >= 11 is 3.32. The minimum atomic E-state index is -0.271. The van der Waals surface area contributed by atoms with Crippen LogP contribution in [0, 0.1) is 13.8 Å². The Morgan fingerprint density at radius 3 is 2.82 bits per heavy atom.